The van der Waals surface area contributed by atoms with E-state index in [1.165, 1.54) is 13.2 Å². The van der Waals surface area contributed by atoms with Gasteiger partial charge in [-0.3, -0.25) is 0 Å². The minimum Gasteiger partial charge on any atom is -0.479 e. The van der Waals surface area contributed by atoms with Crippen LogP contribution in [0.25, 0.3) is 0 Å². The van der Waals surface area contributed by atoms with E-state index in [-0.39, 0.29) is 11.7 Å². The third kappa shape index (κ3) is 6.05. The molecule has 1 aliphatic rings. The molecule has 0 amide bonds. The lowest BCUT2D eigenvalue weighted by atomic mass is 9.81. The van der Waals surface area contributed by atoms with Crippen molar-refractivity contribution in [3.05, 3.63) is 89.2 Å². The smallest absolute Gasteiger partial charge is 0.353 e. The van der Waals surface area contributed by atoms with Gasteiger partial charge in [-0.05, 0) is 24.1 Å². The molecule has 3 aromatic rings. The summed E-state index contributed by atoms with van der Waals surface area (Å²) in [7, 11) is 1.34. The number of nitrogens with zero attached hydrogens (tertiary/aromatic N) is 2. The number of carbonyl (C=O) groups excluding carboxylic acids is 1. The zero-order chi connectivity index (χ0) is 29.7. The first kappa shape index (κ1) is 30.0. The van der Waals surface area contributed by atoms with Crippen molar-refractivity contribution in [1.82, 2.24) is 9.97 Å². The first-order chi connectivity index (χ1) is 19.6. The van der Waals surface area contributed by atoms with Gasteiger partial charge in [-0.25, -0.2) is 14.6 Å². The van der Waals surface area contributed by atoms with E-state index in [0.29, 0.717) is 16.8 Å². The molecule has 13 nitrogen and oxygen atoms in total. The Balaban J connectivity index is 1.84. The number of hydrogen-bond donors (Lipinski definition) is 5. The molecule has 1 fully saturated rings. The summed E-state index contributed by atoms with van der Waals surface area (Å²) in [6, 6.07) is 18.3. The summed E-state index contributed by atoms with van der Waals surface area (Å²) in [6.45, 7) is 1.18. The normalized spacial score (nSPS) is 23.4. The number of ether oxygens (including phenoxy) is 4. The molecule has 218 valence electrons. The zero-order valence-corrected chi connectivity index (χ0v) is 22.1. The van der Waals surface area contributed by atoms with Crippen LogP contribution in [0.3, 0.4) is 0 Å². The molecule has 6 atom stereocenters. The topological polar surface area (TPSA) is 198 Å². The number of aliphatic hydroxyl groups excluding tert-OH is 4. The van der Waals surface area contributed by atoms with E-state index in [2.05, 4.69) is 9.97 Å². The summed E-state index contributed by atoms with van der Waals surface area (Å²) < 4.78 is 22.7. The highest BCUT2D eigenvalue weighted by Crippen LogP contribution is 2.39. The Labute approximate surface area is 234 Å². The van der Waals surface area contributed by atoms with Crippen LogP contribution in [-0.4, -0.2) is 91.4 Å². The number of aromatic nitrogens is 2. The molecule has 2 aromatic carbocycles. The number of hydrogen-bond acceptors (Lipinski definition) is 12. The second-order valence-electron chi connectivity index (χ2n) is 9.28. The summed E-state index contributed by atoms with van der Waals surface area (Å²) in [5.74, 6) is -2.87. The Kier molecular flexibility index (Phi) is 9.28. The highest BCUT2D eigenvalue weighted by molar-refractivity contribution is 5.79. The number of carbonyl (C=O) groups is 2. The fourth-order valence-corrected chi connectivity index (χ4v) is 4.65. The summed E-state index contributed by atoms with van der Waals surface area (Å²) in [5, 5.41) is 49.8. The SMILES string of the molecule is COC(c1ccccc1)(c1ccccc1)[C@H](Oc1nc(C)cc(CO)n1)C(=O)OC1O[C@H](C(=O)O)[C@@H](O)[C@H](O)[C@H]1O. The van der Waals surface area contributed by atoms with Gasteiger partial charge < -0.3 is 44.5 Å². The van der Waals surface area contributed by atoms with Crippen LogP contribution in [0.5, 0.6) is 6.01 Å². The van der Waals surface area contributed by atoms with Crippen molar-refractivity contribution in [2.45, 2.75) is 55.9 Å². The standard InChI is InChI=1S/C28H30N2O11/c1-15-13-18(14-31)30-27(29-15)40-23(25(37)41-26-21(34)19(32)20(33)22(39-26)24(35)36)28(38-2,16-9-5-3-6-10-16)17-11-7-4-8-12-17/h3-13,19-23,26,31-34H,14H2,1-2H3,(H,35,36)/t19-,20-,21+,22-,23+,26?/m0/s1. The second-order valence-corrected chi connectivity index (χ2v) is 9.28. The Bertz CT molecular complexity index is 1300. The average Bonchev–Trinajstić information content (AvgIpc) is 2.98. The molecule has 0 aliphatic carbocycles. The maximum Gasteiger partial charge on any atom is 0.353 e. The summed E-state index contributed by atoms with van der Waals surface area (Å²) in [4.78, 5) is 34.0. The van der Waals surface area contributed by atoms with Crippen LogP contribution in [0.15, 0.2) is 66.7 Å². The fraction of sp³-hybridized carbons (Fsp3) is 0.357. The van der Waals surface area contributed by atoms with E-state index in [1.54, 1.807) is 67.6 Å². The van der Waals surface area contributed by atoms with Crippen molar-refractivity contribution >= 4 is 11.9 Å². The zero-order valence-electron chi connectivity index (χ0n) is 22.1. The number of carboxylic acid groups (broad SMARTS) is 1. The van der Waals surface area contributed by atoms with Crippen LogP contribution in [0, 0.1) is 6.92 Å². The monoisotopic (exact) mass is 570 g/mol. The van der Waals surface area contributed by atoms with Crippen molar-refractivity contribution < 1.29 is 54.1 Å². The maximum absolute atomic E-state index is 14.0. The van der Waals surface area contributed by atoms with Gasteiger partial charge >= 0.3 is 17.9 Å². The first-order valence-corrected chi connectivity index (χ1v) is 12.5. The van der Waals surface area contributed by atoms with E-state index in [9.17, 15) is 35.1 Å². The second kappa shape index (κ2) is 12.7. The molecule has 5 N–H and O–H groups in total. The first-order valence-electron chi connectivity index (χ1n) is 12.5. The number of aliphatic carboxylic acids is 1. The Hall–Kier alpha value is -3.98. The van der Waals surface area contributed by atoms with Gasteiger partial charge in [0, 0.05) is 12.8 Å². The molecule has 2 heterocycles. The minimum absolute atomic E-state index is 0.203. The van der Waals surface area contributed by atoms with E-state index in [4.69, 9.17) is 18.9 Å². The minimum atomic E-state index is -2.01. The number of rotatable bonds is 10. The molecule has 1 saturated heterocycles. The number of aryl methyl sites for hydroxylation is 1. The van der Waals surface area contributed by atoms with Crippen LogP contribution < -0.4 is 4.74 Å². The molecule has 13 heteroatoms. The van der Waals surface area contributed by atoms with Crippen molar-refractivity contribution in [2.75, 3.05) is 7.11 Å². The molecule has 0 bridgehead atoms. The van der Waals surface area contributed by atoms with E-state index >= 15 is 0 Å². The van der Waals surface area contributed by atoms with Gasteiger partial charge in [0.1, 0.15) is 18.3 Å². The van der Waals surface area contributed by atoms with Gasteiger partial charge in [0.25, 0.3) is 0 Å². The van der Waals surface area contributed by atoms with Crippen LogP contribution in [-0.2, 0) is 36.0 Å². The third-order valence-electron chi connectivity index (χ3n) is 6.63. The molecule has 0 spiro atoms. The quantitative estimate of drug-likeness (QED) is 0.205. The highest BCUT2D eigenvalue weighted by Gasteiger charge is 2.53. The Morgan fingerprint density at radius 2 is 1.54 bits per heavy atom. The molecule has 1 aromatic heterocycles. The summed E-state index contributed by atoms with van der Waals surface area (Å²) in [5.41, 5.74) is -0.240. The maximum atomic E-state index is 14.0. The number of esters is 1. The van der Waals surface area contributed by atoms with Crippen molar-refractivity contribution in [2.24, 2.45) is 0 Å². The lowest BCUT2D eigenvalue weighted by Crippen LogP contribution is -2.61. The number of aliphatic hydroxyl groups is 4. The predicted octanol–water partition coefficient (Wildman–Crippen LogP) is 0.0503. The molecule has 0 saturated carbocycles. The van der Waals surface area contributed by atoms with Crippen molar-refractivity contribution in [1.29, 1.82) is 0 Å². The van der Waals surface area contributed by atoms with Crippen LogP contribution in [0.2, 0.25) is 0 Å². The number of methoxy groups -OCH3 is 1. The molecule has 1 unspecified atom stereocenters. The van der Waals surface area contributed by atoms with Crippen molar-refractivity contribution in [3.63, 3.8) is 0 Å². The largest absolute Gasteiger partial charge is 0.479 e. The van der Waals surface area contributed by atoms with Crippen molar-refractivity contribution in [3.8, 4) is 6.01 Å². The molecule has 1 aliphatic heterocycles. The average molecular weight is 571 g/mol. The van der Waals surface area contributed by atoms with Gasteiger partial charge in [0.05, 0.1) is 12.3 Å². The predicted molar refractivity (Wildman–Crippen MR) is 138 cm³/mol. The van der Waals surface area contributed by atoms with Gasteiger partial charge in [0.15, 0.2) is 11.7 Å². The third-order valence-corrected chi connectivity index (χ3v) is 6.63. The lowest BCUT2D eigenvalue weighted by molar-refractivity contribution is -0.289. The molecule has 4 rings (SSSR count). The lowest BCUT2D eigenvalue weighted by Gasteiger charge is -2.41. The summed E-state index contributed by atoms with van der Waals surface area (Å²) in [6.07, 6.45) is -11.8. The van der Waals surface area contributed by atoms with Gasteiger partial charge in [-0.15, -0.1) is 0 Å². The van der Waals surface area contributed by atoms with Crippen LogP contribution in [0.4, 0.5) is 0 Å². The Morgan fingerprint density at radius 1 is 0.951 bits per heavy atom. The molecule has 0 radical (unpaired) electrons. The van der Waals surface area contributed by atoms with Gasteiger partial charge in [-0.2, -0.15) is 4.98 Å². The fourth-order valence-electron chi connectivity index (χ4n) is 4.65. The van der Waals surface area contributed by atoms with Gasteiger partial charge in [0.2, 0.25) is 12.4 Å². The highest BCUT2D eigenvalue weighted by atomic mass is 16.7. The van der Waals surface area contributed by atoms with Crippen LogP contribution in [0.1, 0.15) is 22.5 Å². The molecule has 41 heavy (non-hydrogen) atoms. The number of carboxylic acids is 1. The molecular formula is C28H30N2O11. The van der Waals surface area contributed by atoms with E-state index < -0.39 is 61.0 Å². The van der Waals surface area contributed by atoms with Crippen LogP contribution >= 0.6 is 0 Å². The number of benzene rings is 2. The van der Waals surface area contributed by atoms with Gasteiger partial charge in [-0.1, -0.05) is 60.7 Å². The Morgan fingerprint density at radius 3 is 2.05 bits per heavy atom. The van der Waals surface area contributed by atoms with E-state index in [1.807, 2.05) is 0 Å². The van der Waals surface area contributed by atoms with E-state index in [0.717, 1.165) is 0 Å². The molecular weight excluding hydrogens is 540 g/mol. The summed E-state index contributed by atoms with van der Waals surface area (Å²) >= 11 is 0.